The summed E-state index contributed by atoms with van der Waals surface area (Å²) in [4.78, 5) is 4.16. The molecule has 0 aromatic carbocycles. The van der Waals surface area contributed by atoms with Gasteiger partial charge in [0.15, 0.2) is 0 Å². The van der Waals surface area contributed by atoms with E-state index >= 15 is 0 Å². The second kappa shape index (κ2) is 4.73. The van der Waals surface area contributed by atoms with Crippen molar-refractivity contribution >= 4 is 0 Å². The third-order valence-corrected chi connectivity index (χ3v) is 1.72. The van der Waals surface area contributed by atoms with E-state index in [1.807, 2.05) is 6.92 Å². The van der Waals surface area contributed by atoms with Crippen molar-refractivity contribution in [2.45, 2.75) is 53.1 Å². The molecule has 0 rings (SSSR count). The summed E-state index contributed by atoms with van der Waals surface area (Å²) in [6.45, 7) is 8.54. The molecule has 1 atom stereocenters. The Kier molecular flexibility index (Phi) is 4.69. The van der Waals surface area contributed by atoms with Crippen LogP contribution in [0.3, 0.4) is 0 Å². The van der Waals surface area contributed by atoms with E-state index in [0.717, 1.165) is 12.8 Å². The zero-order valence-corrected chi connectivity index (χ0v) is 8.05. The van der Waals surface area contributed by atoms with E-state index in [0.29, 0.717) is 5.41 Å². The minimum Gasteiger partial charge on any atom is -0.252 e. The van der Waals surface area contributed by atoms with E-state index in [9.17, 15) is 0 Å². The predicted molar refractivity (Wildman–Crippen MR) is 46.5 cm³/mol. The molecule has 1 N–H and O–H groups in total. The lowest BCUT2D eigenvalue weighted by Gasteiger charge is -2.18. The van der Waals surface area contributed by atoms with Gasteiger partial charge in [0.25, 0.3) is 0 Å². The maximum Gasteiger partial charge on any atom is 0.0899 e. The average Bonchev–Trinajstić information content (AvgIpc) is 1.85. The highest BCUT2D eigenvalue weighted by Gasteiger charge is 2.10. The Labute approximate surface area is 69.5 Å². The van der Waals surface area contributed by atoms with Gasteiger partial charge in [0.2, 0.25) is 0 Å². The molecule has 0 aliphatic carbocycles. The van der Waals surface area contributed by atoms with E-state index < -0.39 is 0 Å². The monoisotopic (exact) mass is 160 g/mol. The van der Waals surface area contributed by atoms with Crippen LogP contribution in [0.5, 0.6) is 0 Å². The second-order valence-electron chi connectivity index (χ2n) is 4.37. The van der Waals surface area contributed by atoms with E-state index in [1.165, 1.54) is 6.42 Å². The molecule has 0 aliphatic heterocycles. The molecule has 0 heterocycles. The molecule has 0 spiro atoms. The van der Waals surface area contributed by atoms with Crippen LogP contribution in [0.4, 0.5) is 0 Å². The van der Waals surface area contributed by atoms with Crippen molar-refractivity contribution in [3.8, 4) is 0 Å². The standard InChI is InChI=1S/C9H20O2/c1-8(11-10)6-5-7-9(2,3)4/h8,10H,5-7H2,1-4H3. The summed E-state index contributed by atoms with van der Waals surface area (Å²) in [6.07, 6.45) is 3.22. The highest BCUT2D eigenvalue weighted by molar-refractivity contribution is 4.62. The summed E-state index contributed by atoms with van der Waals surface area (Å²) in [5.74, 6) is 0. The van der Waals surface area contributed by atoms with Gasteiger partial charge in [0.05, 0.1) is 6.10 Å². The summed E-state index contributed by atoms with van der Waals surface area (Å²) in [5.41, 5.74) is 0.398. The Bertz CT molecular complexity index is 94.2. The Morgan fingerprint density at radius 2 is 1.91 bits per heavy atom. The van der Waals surface area contributed by atoms with Crippen LogP contribution in [0.25, 0.3) is 0 Å². The Hall–Kier alpha value is -0.0800. The first-order chi connectivity index (χ1) is 4.95. The van der Waals surface area contributed by atoms with Crippen LogP contribution in [0, 0.1) is 5.41 Å². The topological polar surface area (TPSA) is 29.5 Å². The minimum absolute atomic E-state index is 0.0163. The first kappa shape index (κ1) is 10.9. The summed E-state index contributed by atoms with van der Waals surface area (Å²) in [7, 11) is 0. The molecule has 0 amide bonds. The summed E-state index contributed by atoms with van der Waals surface area (Å²) < 4.78 is 0. The fourth-order valence-corrected chi connectivity index (χ4v) is 0.973. The van der Waals surface area contributed by atoms with Crippen LogP contribution in [-0.4, -0.2) is 11.4 Å². The number of rotatable bonds is 4. The third-order valence-electron chi connectivity index (χ3n) is 1.72. The van der Waals surface area contributed by atoms with Crippen molar-refractivity contribution in [1.29, 1.82) is 0 Å². The molecule has 0 aromatic rings. The summed E-state index contributed by atoms with van der Waals surface area (Å²) >= 11 is 0. The molecule has 68 valence electrons. The van der Waals surface area contributed by atoms with E-state index in [4.69, 9.17) is 5.26 Å². The third kappa shape index (κ3) is 7.82. The lowest BCUT2D eigenvalue weighted by molar-refractivity contribution is -0.275. The van der Waals surface area contributed by atoms with Gasteiger partial charge >= 0.3 is 0 Å². The van der Waals surface area contributed by atoms with Gasteiger partial charge in [-0.2, -0.15) is 0 Å². The molecule has 2 heteroatoms. The van der Waals surface area contributed by atoms with Crippen molar-refractivity contribution in [1.82, 2.24) is 0 Å². The van der Waals surface area contributed by atoms with Crippen molar-refractivity contribution in [2.75, 3.05) is 0 Å². The van der Waals surface area contributed by atoms with Crippen molar-refractivity contribution in [2.24, 2.45) is 5.41 Å². The van der Waals surface area contributed by atoms with Crippen molar-refractivity contribution in [3.63, 3.8) is 0 Å². The van der Waals surface area contributed by atoms with Crippen LogP contribution in [0.1, 0.15) is 47.0 Å². The molecule has 2 nitrogen and oxygen atoms in total. The molecule has 1 unspecified atom stereocenters. The molecule has 0 aromatic heterocycles. The molecule has 0 fully saturated rings. The molecule has 0 saturated carbocycles. The normalized spacial score (nSPS) is 15.0. The zero-order chi connectivity index (χ0) is 8.91. The maximum atomic E-state index is 8.26. The van der Waals surface area contributed by atoms with Gasteiger partial charge in [-0.25, -0.2) is 4.89 Å². The lowest BCUT2D eigenvalue weighted by atomic mass is 9.89. The van der Waals surface area contributed by atoms with E-state index in [2.05, 4.69) is 25.7 Å². The Balaban J connectivity index is 3.28. The van der Waals surface area contributed by atoms with Gasteiger partial charge in [-0.3, -0.25) is 5.26 Å². The molecular formula is C9H20O2. The van der Waals surface area contributed by atoms with Crippen molar-refractivity contribution < 1.29 is 10.1 Å². The average molecular weight is 160 g/mol. The highest BCUT2D eigenvalue weighted by atomic mass is 17.1. The van der Waals surface area contributed by atoms with Crippen molar-refractivity contribution in [3.05, 3.63) is 0 Å². The highest BCUT2D eigenvalue weighted by Crippen LogP contribution is 2.22. The molecule has 0 bridgehead atoms. The first-order valence-corrected chi connectivity index (χ1v) is 4.26. The minimum atomic E-state index is -0.0163. The molecule has 0 saturated heterocycles. The van der Waals surface area contributed by atoms with Crippen LogP contribution in [0.2, 0.25) is 0 Å². The SMILES string of the molecule is CC(CCCC(C)(C)C)OO. The van der Waals surface area contributed by atoms with Gasteiger partial charge in [0.1, 0.15) is 0 Å². The number of hydrogen-bond donors (Lipinski definition) is 1. The smallest absolute Gasteiger partial charge is 0.0899 e. The van der Waals surface area contributed by atoms with Gasteiger partial charge in [-0.1, -0.05) is 27.2 Å². The maximum absolute atomic E-state index is 8.26. The lowest BCUT2D eigenvalue weighted by Crippen LogP contribution is -2.09. The molecular weight excluding hydrogens is 140 g/mol. The Morgan fingerprint density at radius 3 is 2.27 bits per heavy atom. The molecule has 0 radical (unpaired) electrons. The number of hydrogen-bond acceptors (Lipinski definition) is 2. The van der Waals surface area contributed by atoms with E-state index in [1.54, 1.807) is 0 Å². The van der Waals surface area contributed by atoms with Gasteiger partial charge < -0.3 is 0 Å². The van der Waals surface area contributed by atoms with Gasteiger partial charge in [-0.05, 0) is 25.2 Å². The van der Waals surface area contributed by atoms with Crippen LogP contribution in [0.15, 0.2) is 0 Å². The fourth-order valence-electron chi connectivity index (χ4n) is 0.973. The van der Waals surface area contributed by atoms with Gasteiger partial charge in [-0.15, -0.1) is 0 Å². The first-order valence-electron chi connectivity index (χ1n) is 4.26. The summed E-state index contributed by atoms with van der Waals surface area (Å²) in [6, 6.07) is 0. The largest absolute Gasteiger partial charge is 0.252 e. The van der Waals surface area contributed by atoms with Crippen LogP contribution < -0.4 is 0 Å². The van der Waals surface area contributed by atoms with Crippen LogP contribution in [-0.2, 0) is 4.89 Å². The van der Waals surface area contributed by atoms with Crippen LogP contribution >= 0.6 is 0 Å². The quantitative estimate of drug-likeness (QED) is 0.506. The summed E-state index contributed by atoms with van der Waals surface area (Å²) in [5, 5.41) is 8.26. The molecule has 0 aliphatic rings. The Morgan fingerprint density at radius 1 is 1.36 bits per heavy atom. The van der Waals surface area contributed by atoms with E-state index in [-0.39, 0.29) is 6.10 Å². The second-order valence-corrected chi connectivity index (χ2v) is 4.37. The fraction of sp³-hybridized carbons (Fsp3) is 1.00. The van der Waals surface area contributed by atoms with Gasteiger partial charge in [0, 0.05) is 0 Å². The molecule has 11 heavy (non-hydrogen) atoms. The zero-order valence-electron chi connectivity index (χ0n) is 8.05. The predicted octanol–water partition coefficient (Wildman–Crippen LogP) is 3.08.